The first kappa shape index (κ1) is 13.2. The summed E-state index contributed by atoms with van der Waals surface area (Å²) in [5, 5.41) is 0. The highest BCUT2D eigenvalue weighted by molar-refractivity contribution is 7.91. The van der Waals surface area contributed by atoms with E-state index < -0.39 is 14.6 Å². The van der Waals surface area contributed by atoms with Crippen molar-refractivity contribution in [1.82, 2.24) is 0 Å². The van der Waals surface area contributed by atoms with Crippen LogP contribution < -0.4 is 0 Å². The Morgan fingerprint density at radius 2 is 1.44 bits per heavy atom. The van der Waals surface area contributed by atoms with E-state index in [4.69, 9.17) is 0 Å². The third-order valence-electron chi connectivity index (χ3n) is 2.72. The highest BCUT2D eigenvalue weighted by Gasteiger charge is 2.28. The third kappa shape index (κ3) is 3.08. The first-order valence-corrected chi connectivity index (χ1v) is 7.21. The smallest absolute Gasteiger partial charge is 0.159 e. The topological polar surface area (TPSA) is 34.1 Å². The van der Waals surface area contributed by atoms with Gasteiger partial charge in [0.05, 0.1) is 10.5 Å². The maximum Gasteiger partial charge on any atom is 0.159 e. The molecule has 2 nitrogen and oxygen atoms in total. The van der Waals surface area contributed by atoms with Gasteiger partial charge in [0.25, 0.3) is 0 Å². The first-order valence-electron chi connectivity index (χ1n) is 5.56. The van der Waals surface area contributed by atoms with Crippen LogP contribution in [0.25, 0.3) is 0 Å². The monoisotopic (exact) mass is 240 g/mol. The maximum absolute atomic E-state index is 12.0. The second-order valence-corrected chi connectivity index (χ2v) is 7.78. The van der Waals surface area contributed by atoms with Gasteiger partial charge in [0, 0.05) is 0 Å². The molecule has 0 saturated carbocycles. The summed E-state index contributed by atoms with van der Waals surface area (Å²) in [4.78, 5) is 0. The van der Waals surface area contributed by atoms with E-state index in [9.17, 15) is 8.42 Å². The summed E-state index contributed by atoms with van der Waals surface area (Å²) in [5.74, 6) is 0.125. The Labute approximate surface area is 98.6 Å². The molecular formula is C13H20O2S. The number of hydrogen-bond acceptors (Lipinski definition) is 2. The predicted octanol–water partition coefficient (Wildman–Crippen LogP) is 2.96. The Morgan fingerprint density at radius 1 is 1.00 bits per heavy atom. The van der Waals surface area contributed by atoms with Crippen molar-refractivity contribution in [3.8, 4) is 0 Å². The van der Waals surface area contributed by atoms with Crippen molar-refractivity contribution in [3.63, 3.8) is 0 Å². The molecule has 0 atom stereocenters. The molecule has 0 unspecified atom stereocenters. The summed E-state index contributed by atoms with van der Waals surface area (Å²) < 4.78 is 23.3. The van der Waals surface area contributed by atoms with Crippen LogP contribution in [0.4, 0.5) is 0 Å². The van der Waals surface area contributed by atoms with Gasteiger partial charge in [0.1, 0.15) is 0 Å². The molecule has 0 N–H and O–H groups in total. The van der Waals surface area contributed by atoms with Crippen molar-refractivity contribution in [1.29, 1.82) is 0 Å². The van der Waals surface area contributed by atoms with Gasteiger partial charge < -0.3 is 0 Å². The maximum atomic E-state index is 12.0. The molecule has 16 heavy (non-hydrogen) atoms. The number of aryl methyl sites for hydroxylation is 1. The van der Waals surface area contributed by atoms with Crippen LogP contribution in [0.15, 0.2) is 24.3 Å². The largest absolute Gasteiger partial charge is 0.228 e. The quantitative estimate of drug-likeness (QED) is 0.814. The lowest BCUT2D eigenvalue weighted by Gasteiger charge is -2.19. The molecule has 0 aliphatic heterocycles. The number of rotatable bonds is 3. The molecule has 0 fully saturated rings. The minimum absolute atomic E-state index is 0.125. The van der Waals surface area contributed by atoms with Crippen LogP contribution in [0.1, 0.15) is 38.8 Å². The third-order valence-corrected chi connectivity index (χ3v) is 5.30. The molecule has 3 heteroatoms. The fourth-order valence-electron chi connectivity index (χ4n) is 1.31. The molecule has 0 saturated heterocycles. The van der Waals surface area contributed by atoms with Crippen molar-refractivity contribution in [2.75, 3.05) is 0 Å². The van der Waals surface area contributed by atoms with Crippen molar-refractivity contribution < 1.29 is 8.42 Å². The van der Waals surface area contributed by atoms with Crippen molar-refractivity contribution >= 4 is 9.84 Å². The van der Waals surface area contributed by atoms with Crippen LogP contribution in [0.5, 0.6) is 0 Å². The van der Waals surface area contributed by atoms with Gasteiger partial charge >= 0.3 is 0 Å². The van der Waals surface area contributed by atoms with Crippen LogP contribution in [0.2, 0.25) is 0 Å². The molecular weight excluding hydrogens is 220 g/mol. The molecule has 0 spiro atoms. The SMILES string of the molecule is CCc1ccc(CS(=O)(=O)C(C)(C)C)cc1. The van der Waals surface area contributed by atoms with Gasteiger partial charge in [-0.3, -0.25) is 0 Å². The van der Waals surface area contributed by atoms with Gasteiger partial charge in [-0.15, -0.1) is 0 Å². The molecule has 0 heterocycles. The summed E-state index contributed by atoms with van der Waals surface area (Å²) in [6.45, 7) is 7.30. The lowest BCUT2D eigenvalue weighted by molar-refractivity contribution is 0.559. The molecule has 1 aromatic carbocycles. The van der Waals surface area contributed by atoms with E-state index >= 15 is 0 Å². The summed E-state index contributed by atoms with van der Waals surface area (Å²) >= 11 is 0. The van der Waals surface area contributed by atoms with E-state index in [0.29, 0.717) is 0 Å². The highest BCUT2D eigenvalue weighted by Crippen LogP contribution is 2.20. The van der Waals surface area contributed by atoms with Crippen LogP contribution >= 0.6 is 0 Å². The molecule has 1 aromatic rings. The van der Waals surface area contributed by atoms with E-state index in [0.717, 1.165) is 12.0 Å². The van der Waals surface area contributed by atoms with Gasteiger partial charge in [-0.2, -0.15) is 0 Å². The minimum atomic E-state index is -3.07. The fraction of sp³-hybridized carbons (Fsp3) is 0.538. The summed E-state index contributed by atoms with van der Waals surface area (Å²) in [7, 11) is -3.07. The zero-order valence-electron chi connectivity index (χ0n) is 10.4. The second-order valence-electron chi connectivity index (χ2n) is 5.04. The minimum Gasteiger partial charge on any atom is -0.228 e. The standard InChI is InChI=1S/C13H20O2S/c1-5-11-6-8-12(9-7-11)10-16(14,15)13(2,3)4/h6-9H,5,10H2,1-4H3. The number of hydrogen-bond donors (Lipinski definition) is 0. The molecule has 0 bridgehead atoms. The average Bonchev–Trinajstić information content (AvgIpc) is 2.16. The Balaban J connectivity index is 2.89. The molecule has 90 valence electrons. The van der Waals surface area contributed by atoms with Gasteiger partial charge in [-0.1, -0.05) is 31.2 Å². The lowest BCUT2D eigenvalue weighted by Crippen LogP contribution is -2.29. The van der Waals surface area contributed by atoms with Crippen LogP contribution in [0, 0.1) is 0 Å². The Bertz CT molecular complexity index is 436. The first-order chi connectivity index (χ1) is 7.26. The molecule has 0 aliphatic rings. The second kappa shape index (κ2) is 4.58. The Morgan fingerprint density at radius 3 is 1.81 bits per heavy atom. The number of sulfone groups is 1. The summed E-state index contributed by atoms with van der Waals surface area (Å²) in [5.41, 5.74) is 2.10. The zero-order chi connectivity index (χ0) is 12.4. The van der Waals surface area contributed by atoms with Crippen LogP contribution in [-0.2, 0) is 22.0 Å². The average molecular weight is 240 g/mol. The summed E-state index contributed by atoms with van der Waals surface area (Å²) in [6.07, 6.45) is 0.978. The van der Waals surface area contributed by atoms with E-state index in [1.165, 1.54) is 5.56 Å². The Kier molecular flexibility index (Phi) is 3.79. The van der Waals surface area contributed by atoms with Gasteiger partial charge in [0.15, 0.2) is 9.84 Å². The van der Waals surface area contributed by atoms with Crippen LogP contribution in [-0.4, -0.2) is 13.2 Å². The van der Waals surface area contributed by atoms with E-state index in [-0.39, 0.29) is 5.75 Å². The molecule has 0 radical (unpaired) electrons. The predicted molar refractivity (Wildman–Crippen MR) is 68.2 cm³/mol. The van der Waals surface area contributed by atoms with Gasteiger partial charge in [-0.05, 0) is 38.3 Å². The number of benzene rings is 1. The molecule has 0 amide bonds. The van der Waals surface area contributed by atoms with Crippen molar-refractivity contribution in [2.45, 2.75) is 44.6 Å². The Hall–Kier alpha value is -0.830. The van der Waals surface area contributed by atoms with Gasteiger partial charge in [-0.25, -0.2) is 8.42 Å². The van der Waals surface area contributed by atoms with E-state index in [1.807, 2.05) is 24.3 Å². The molecule has 0 aromatic heterocycles. The molecule has 0 aliphatic carbocycles. The van der Waals surface area contributed by atoms with E-state index in [1.54, 1.807) is 20.8 Å². The normalized spacial score (nSPS) is 12.8. The molecule has 1 rings (SSSR count). The van der Waals surface area contributed by atoms with Gasteiger partial charge in [0.2, 0.25) is 0 Å². The van der Waals surface area contributed by atoms with Crippen molar-refractivity contribution in [2.24, 2.45) is 0 Å². The van der Waals surface area contributed by atoms with E-state index in [2.05, 4.69) is 6.92 Å². The fourth-order valence-corrected chi connectivity index (χ4v) is 2.37. The highest BCUT2D eigenvalue weighted by atomic mass is 32.2. The lowest BCUT2D eigenvalue weighted by atomic mass is 10.1. The van der Waals surface area contributed by atoms with Crippen molar-refractivity contribution in [3.05, 3.63) is 35.4 Å². The zero-order valence-corrected chi connectivity index (χ0v) is 11.3. The summed E-state index contributed by atoms with van der Waals surface area (Å²) in [6, 6.07) is 7.80. The van der Waals surface area contributed by atoms with Crippen LogP contribution in [0.3, 0.4) is 0 Å².